The third-order valence-corrected chi connectivity index (χ3v) is 2.97. The van der Waals surface area contributed by atoms with Gasteiger partial charge in [0.25, 0.3) is 0 Å². The van der Waals surface area contributed by atoms with Gasteiger partial charge in [-0.2, -0.15) is 0 Å². The lowest BCUT2D eigenvalue weighted by atomic mass is 9.96. The van der Waals surface area contributed by atoms with Crippen LogP contribution >= 0.6 is 0 Å². The summed E-state index contributed by atoms with van der Waals surface area (Å²) >= 11 is 0. The van der Waals surface area contributed by atoms with Crippen LogP contribution in [0.25, 0.3) is 0 Å². The number of rotatable bonds is 1. The van der Waals surface area contributed by atoms with E-state index in [9.17, 15) is 4.79 Å². The lowest BCUT2D eigenvalue weighted by molar-refractivity contribution is 0.0971. The van der Waals surface area contributed by atoms with Crippen molar-refractivity contribution < 1.29 is 4.79 Å². The highest BCUT2D eigenvalue weighted by molar-refractivity contribution is 5.98. The van der Waals surface area contributed by atoms with Gasteiger partial charge in [0.1, 0.15) is 0 Å². The first-order chi connectivity index (χ1) is 6.61. The zero-order valence-electron chi connectivity index (χ0n) is 9.13. The number of carbonyl (C=O) groups excluding carboxylic acids is 1. The summed E-state index contributed by atoms with van der Waals surface area (Å²) in [6.45, 7) is 6.43. The van der Waals surface area contributed by atoms with Gasteiger partial charge in [0, 0.05) is 29.4 Å². The zero-order chi connectivity index (χ0) is 10.3. The summed E-state index contributed by atoms with van der Waals surface area (Å²) in [6, 6.07) is 2.52. The predicted molar refractivity (Wildman–Crippen MR) is 56.8 cm³/mol. The van der Waals surface area contributed by atoms with Crippen LogP contribution in [0.3, 0.4) is 0 Å². The van der Waals surface area contributed by atoms with Gasteiger partial charge in [0.15, 0.2) is 5.78 Å². The SMILES string of the molecule is Cc1cc2c(n1C(C)C)CCCC2=O. The van der Waals surface area contributed by atoms with Gasteiger partial charge in [-0.25, -0.2) is 0 Å². The van der Waals surface area contributed by atoms with Crippen molar-refractivity contribution in [3.8, 4) is 0 Å². The Morgan fingerprint density at radius 2 is 2.07 bits per heavy atom. The Kier molecular flexibility index (Phi) is 2.22. The fraction of sp³-hybridized carbons (Fsp3) is 0.583. The summed E-state index contributed by atoms with van der Waals surface area (Å²) in [6.07, 6.45) is 2.81. The molecule has 0 fully saturated rings. The van der Waals surface area contributed by atoms with Crippen LogP contribution in [0.4, 0.5) is 0 Å². The van der Waals surface area contributed by atoms with Gasteiger partial charge in [-0.3, -0.25) is 4.79 Å². The fourth-order valence-electron chi connectivity index (χ4n) is 2.47. The molecular weight excluding hydrogens is 174 g/mol. The molecule has 0 radical (unpaired) electrons. The molecule has 1 aromatic rings. The molecule has 0 bridgehead atoms. The Hall–Kier alpha value is -1.05. The molecule has 0 saturated carbocycles. The minimum atomic E-state index is 0.328. The molecule has 0 aromatic carbocycles. The van der Waals surface area contributed by atoms with E-state index in [1.807, 2.05) is 0 Å². The Morgan fingerprint density at radius 1 is 1.36 bits per heavy atom. The molecule has 0 spiro atoms. The molecule has 76 valence electrons. The Balaban J connectivity index is 2.57. The molecule has 1 aliphatic carbocycles. The Labute approximate surface area is 84.9 Å². The smallest absolute Gasteiger partial charge is 0.164 e. The number of aryl methyl sites for hydroxylation is 1. The molecule has 0 N–H and O–H groups in total. The number of hydrogen-bond acceptors (Lipinski definition) is 1. The zero-order valence-corrected chi connectivity index (χ0v) is 9.13. The largest absolute Gasteiger partial charge is 0.346 e. The van der Waals surface area contributed by atoms with Gasteiger partial charge in [-0.05, 0) is 39.7 Å². The lowest BCUT2D eigenvalue weighted by Gasteiger charge is -2.18. The average molecular weight is 191 g/mol. The van der Waals surface area contributed by atoms with Gasteiger partial charge in [-0.15, -0.1) is 0 Å². The first kappa shape index (κ1) is 9.50. The highest BCUT2D eigenvalue weighted by Gasteiger charge is 2.23. The van der Waals surface area contributed by atoms with E-state index in [0.717, 1.165) is 24.8 Å². The summed E-state index contributed by atoms with van der Waals surface area (Å²) in [5.74, 6) is 0.328. The minimum Gasteiger partial charge on any atom is -0.346 e. The van der Waals surface area contributed by atoms with Crippen molar-refractivity contribution in [1.29, 1.82) is 0 Å². The summed E-state index contributed by atoms with van der Waals surface area (Å²) in [4.78, 5) is 11.7. The average Bonchev–Trinajstić information content (AvgIpc) is 2.42. The summed E-state index contributed by atoms with van der Waals surface area (Å²) in [5.41, 5.74) is 3.46. The van der Waals surface area contributed by atoms with Crippen LogP contribution in [0.5, 0.6) is 0 Å². The molecule has 0 amide bonds. The number of Topliss-reactive ketones (excluding diaryl/α,β-unsaturated/α-hetero) is 1. The van der Waals surface area contributed by atoms with E-state index >= 15 is 0 Å². The maximum Gasteiger partial charge on any atom is 0.164 e. The standard InChI is InChI=1S/C12H17NO/c1-8(2)13-9(3)7-10-11(13)5-4-6-12(10)14/h7-8H,4-6H2,1-3H3. The van der Waals surface area contributed by atoms with Crippen molar-refractivity contribution in [2.75, 3.05) is 0 Å². The first-order valence-corrected chi connectivity index (χ1v) is 5.35. The second-order valence-corrected chi connectivity index (χ2v) is 4.39. The van der Waals surface area contributed by atoms with Crippen LogP contribution in [0, 0.1) is 6.92 Å². The molecule has 2 nitrogen and oxygen atoms in total. The number of ketones is 1. The van der Waals surface area contributed by atoms with E-state index in [-0.39, 0.29) is 0 Å². The maximum atomic E-state index is 11.7. The third-order valence-electron chi connectivity index (χ3n) is 2.97. The second kappa shape index (κ2) is 3.26. The number of hydrogen-bond donors (Lipinski definition) is 0. The van der Waals surface area contributed by atoms with Crippen LogP contribution in [0.1, 0.15) is 54.5 Å². The van der Waals surface area contributed by atoms with Crippen LogP contribution < -0.4 is 0 Å². The predicted octanol–water partition coefficient (Wildman–Crippen LogP) is 2.90. The van der Waals surface area contributed by atoms with E-state index in [4.69, 9.17) is 0 Å². The van der Waals surface area contributed by atoms with Gasteiger partial charge in [0.2, 0.25) is 0 Å². The normalized spacial score (nSPS) is 16.1. The van der Waals surface area contributed by atoms with E-state index < -0.39 is 0 Å². The van der Waals surface area contributed by atoms with Crippen LogP contribution in [-0.4, -0.2) is 10.4 Å². The number of nitrogens with zero attached hydrogens (tertiary/aromatic N) is 1. The van der Waals surface area contributed by atoms with E-state index in [1.54, 1.807) is 0 Å². The quantitative estimate of drug-likeness (QED) is 0.669. The van der Waals surface area contributed by atoms with Crippen molar-refractivity contribution in [3.63, 3.8) is 0 Å². The minimum absolute atomic E-state index is 0.328. The molecule has 0 unspecified atom stereocenters. The summed E-state index contributed by atoms with van der Waals surface area (Å²) in [7, 11) is 0. The van der Waals surface area contributed by atoms with Gasteiger partial charge in [0.05, 0.1) is 0 Å². The summed E-state index contributed by atoms with van der Waals surface area (Å²) < 4.78 is 2.30. The monoisotopic (exact) mass is 191 g/mol. The molecule has 1 aliphatic rings. The van der Waals surface area contributed by atoms with Crippen LogP contribution in [0.2, 0.25) is 0 Å². The second-order valence-electron chi connectivity index (χ2n) is 4.39. The molecule has 2 heteroatoms. The third kappa shape index (κ3) is 1.29. The van der Waals surface area contributed by atoms with E-state index in [0.29, 0.717) is 11.8 Å². The molecule has 0 atom stereocenters. The summed E-state index contributed by atoms with van der Waals surface area (Å²) in [5, 5.41) is 0. The van der Waals surface area contributed by atoms with Gasteiger partial charge >= 0.3 is 0 Å². The highest BCUT2D eigenvalue weighted by atomic mass is 16.1. The van der Waals surface area contributed by atoms with Crippen LogP contribution in [-0.2, 0) is 6.42 Å². The van der Waals surface area contributed by atoms with Crippen molar-refractivity contribution in [2.24, 2.45) is 0 Å². The van der Waals surface area contributed by atoms with Crippen LogP contribution in [0.15, 0.2) is 6.07 Å². The molecule has 14 heavy (non-hydrogen) atoms. The van der Waals surface area contributed by atoms with E-state index in [1.165, 1.54) is 11.4 Å². The van der Waals surface area contributed by atoms with Gasteiger partial charge in [-0.1, -0.05) is 0 Å². The van der Waals surface area contributed by atoms with Gasteiger partial charge < -0.3 is 4.57 Å². The van der Waals surface area contributed by atoms with Crippen molar-refractivity contribution in [2.45, 2.75) is 46.1 Å². The molecule has 0 saturated heterocycles. The molecular formula is C12H17NO. The molecule has 1 aromatic heterocycles. The maximum absolute atomic E-state index is 11.7. The Bertz CT molecular complexity index is 374. The fourth-order valence-corrected chi connectivity index (χ4v) is 2.47. The highest BCUT2D eigenvalue weighted by Crippen LogP contribution is 2.27. The number of carbonyl (C=O) groups is 1. The Morgan fingerprint density at radius 3 is 2.71 bits per heavy atom. The number of aromatic nitrogens is 1. The van der Waals surface area contributed by atoms with Crippen molar-refractivity contribution in [3.05, 3.63) is 23.0 Å². The first-order valence-electron chi connectivity index (χ1n) is 5.35. The lowest BCUT2D eigenvalue weighted by Crippen LogP contribution is -2.14. The van der Waals surface area contributed by atoms with Crippen molar-refractivity contribution >= 4 is 5.78 Å². The molecule has 2 rings (SSSR count). The number of fused-ring (bicyclic) bond motifs is 1. The van der Waals surface area contributed by atoms with E-state index in [2.05, 4.69) is 31.4 Å². The topological polar surface area (TPSA) is 22.0 Å². The molecule has 1 heterocycles. The van der Waals surface area contributed by atoms with Crippen molar-refractivity contribution in [1.82, 2.24) is 4.57 Å². The molecule has 0 aliphatic heterocycles.